The summed E-state index contributed by atoms with van der Waals surface area (Å²) >= 11 is -2.85. The summed E-state index contributed by atoms with van der Waals surface area (Å²) in [5.41, 5.74) is 5.23. The maximum absolute atomic E-state index is 13.3. The molecule has 0 aromatic heterocycles. The average molecular weight is 498 g/mol. The Morgan fingerprint density at radius 2 is 1.79 bits per heavy atom. The van der Waals surface area contributed by atoms with E-state index in [-0.39, 0.29) is 35.3 Å². The molecule has 0 bridgehead atoms. The normalized spacial score (nSPS) is 16.3. The molecule has 1 saturated heterocycles. The van der Waals surface area contributed by atoms with E-state index in [1.807, 2.05) is 30.3 Å². The van der Waals surface area contributed by atoms with Crippen molar-refractivity contribution in [1.29, 1.82) is 0 Å². The molecular formula is C23H28F3N4O3S-. The van der Waals surface area contributed by atoms with Crippen LogP contribution in [0, 0.1) is 0 Å². The number of nitrogen functional groups attached to an aromatic ring is 1. The predicted molar refractivity (Wildman–Crippen MR) is 125 cm³/mol. The van der Waals surface area contributed by atoms with E-state index in [0.29, 0.717) is 16.9 Å². The average Bonchev–Trinajstić information content (AvgIpc) is 3.30. The highest BCUT2D eigenvalue weighted by molar-refractivity contribution is 7.80. The molecule has 0 radical (unpaired) electrons. The van der Waals surface area contributed by atoms with Crippen LogP contribution in [0.3, 0.4) is 0 Å². The molecule has 0 saturated carbocycles. The second-order valence-corrected chi connectivity index (χ2v) is 9.37. The van der Waals surface area contributed by atoms with Crippen LogP contribution in [0.15, 0.2) is 42.5 Å². The zero-order valence-electron chi connectivity index (χ0n) is 19.0. The topological polar surface area (TPSA) is 92.9 Å². The minimum Gasteiger partial charge on any atom is -0.755 e. The van der Waals surface area contributed by atoms with Crippen molar-refractivity contribution in [1.82, 2.24) is 9.80 Å². The molecule has 2 aromatic carbocycles. The van der Waals surface area contributed by atoms with Crippen LogP contribution < -0.4 is 10.0 Å². The van der Waals surface area contributed by atoms with Crippen LogP contribution in [0.2, 0.25) is 0 Å². The van der Waals surface area contributed by atoms with Gasteiger partial charge in [0.15, 0.2) is 0 Å². The number of amides is 1. The highest BCUT2D eigenvalue weighted by Crippen LogP contribution is 2.37. The number of anilines is 2. The fourth-order valence-corrected chi connectivity index (χ4v) is 4.51. The number of hydrogen-bond acceptors (Lipinski definition) is 5. The first-order valence-electron chi connectivity index (χ1n) is 10.8. The minimum absolute atomic E-state index is 0.0320. The summed E-state index contributed by atoms with van der Waals surface area (Å²) in [5, 5.41) is 0. The van der Waals surface area contributed by atoms with E-state index in [2.05, 4.69) is 4.90 Å². The van der Waals surface area contributed by atoms with Gasteiger partial charge in [0, 0.05) is 43.2 Å². The van der Waals surface area contributed by atoms with Crippen LogP contribution >= 0.6 is 0 Å². The van der Waals surface area contributed by atoms with Crippen molar-refractivity contribution in [3.8, 4) is 0 Å². The molecule has 0 spiro atoms. The van der Waals surface area contributed by atoms with Crippen molar-refractivity contribution >= 4 is 28.5 Å². The third-order valence-electron chi connectivity index (χ3n) is 6.15. The van der Waals surface area contributed by atoms with E-state index in [0.717, 1.165) is 44.6 Å². The molecule has 2 aromatic rings. The molecule has 1 aliphatic rings. The monoisotopic (exact) mass is 497 g/mol. The highest BCUT2D eigenvalue weighted by atomic mass is 32.2. The lowest BCUT2D eigenvalue weighted by Gasteiger charge is -2.33. The van der Waals surface area contributed by atoms with Crippen LogP contribution in [0.25, 0.3) is 0 Å². The Kier molecular flexibility index (Phi) is 8.21. The first-order valence-corrected chi connectivity index (χ1v) is 11.9. The van der Waals surface area contributed by atoms with Crippen molar-refractivity contribution in [3.05, 3.63) is 59.2 Å². The number of likely N-dealkylation sites (tertiary alicyclic amines) is 1. The van der Waals surface area contributed by atoms with Crippen molar-refractivity contribution in [2.45, 2.75) is 31.5 Å². The Hall–Kier alpha value is -2.63. The van der Waals surface area contributed by atoms with Crippen LogP contribution in [-0.4, -0.2) is 58.2 Å². The van der Waals surface area contributed by atoms with Gasteiger partial charge in [0.2, 0.25) is 5.91 Å². The zero-order valence-corrected chi connectivity index (χ0v) is 19.9. The molecule has 1 heterocycles. The summed E-state index contributed by atoms with van der Waals surface area (Å²) in [6.07, 6.45) is -2.89. The summed E-state index contributed by atoms with van der Waals surface area (Å²) in [6, 6.07) is 10.7. The number of nitrogens with zero attached hydrogens (tertiary/aromatic N) is 3. The molecule has 11 heteroatoms. The molecular weight excluding hydrogens is 469 g/mol. The van der Waals surface area contributed by atoms with Gasteiger partial charge in [-0.15, -0.1) is 0 Å². The standard InChI is InChI=1S/C23H29F3N4O3S/c1-28(21(15-30-10-6-7-11-30)16-8-4-3-5-9-16)22(31)14-18-19(27)12-17(23(24,25)26)13-20(18)29(2)34(32)33/h3-5,8-9,12-13,21H,6-7,10-11,14-15,27H2,1-2H3,(H,32,33)/p-1/t21-/m1/s1. The van der Waals surface area contributed by atoms with Gasteiger partial charge >= 0.3 is 6.18 Å². The lowest BCUT2D eigenvalue weighted by molar-refractivity contribution is -0.137. The molecule has 186 valence electrons. The van der Waals surface area contributed by atoms with Gasteiger partial charge in [0.05, 0.1) is 23.7 Å². The maximum atomic E-state index is 13.3. The second-order valence-electron chi connectivity index (χ2n) is 8.39. The number of carbonyl (C=O) groups excluding carboxylic acids is 1. The first kappa shape index (κ1) is 26.0. The van der Waals surface area contributed by atoms with Gasteiger partial charge in [-0.2, -0.15) is 13.2 Å². The third kappa shape index (κ3) is 6.08. The molecule has 1 amide bonds. The zero-order chi connectivity index (χ0) is 25.0. The van der Waals surface area contributed by atoms with Gasteiger partial charge in [-0.3, -0.25) is 9.00 Å². The first-order chi connectivity index (χ1) is 16.0. The third-order valence-corrected chi connectivity index (χ3v) is 6.80. The van der Waals surface area contributed by atoms with Gasteiger partial charge in [-0.1, -0.05) is 30.3 Å². The number of halogens is 3. The van der Waals surface area contributed by atoms with Gasteiger partial charge in [0.25, 0.3) is 0 Å². The Morgan fingerprint density at radius 1 is 1.18 bits per heavy atom. The molecule has 2 N–H and O–H groups in total. The number of hydrogen-bond donors (Lipinski definition) is 1. The van der Waals surface area contributed by atoms with Crippen molar-refractivity contribution in [3.63, 3.8) is 0 Å². The number of alkyl halides is 3. The molecule has 2 atom stereocenters. The molecule has 1 unspecified atom stereocenters. The Labute approximate surface area is 199 Å². The van der Waals surface area contributed by atoms with E-state index >= 15 is 0 Å². The highest BCUT2D eigenvalue weighted by Gasteiger charge is 2.33. The SMILES string of the molecule is CN(C(=O)Cc1c(N)cc(C(F)(F)F)cc1N(C)S(=O)[O-])[C@H](CN1CCCC1)c1ccccc1. The Bertz CT molecular complexity index is 1030. The Morgan fingerprint density at radius 3 is 2.35 bits per heavy atom. The quantitative estimate of drug-likeness (QED) is 0.446. The van der Waals surface area contributed by atoms with E-state index in [1.165, 1.54) is 0 Å². The van der Waals surface area contributed by atoms with Crippen molar-refractivity contribution in [2.75, 3.05) is 43.8 Å². The number of rotatable bonds is 8. The summed E-state index contributed by atoms with van der Waals surface area (Å²) in [6.45, 7) is 2.48. The fourth-order valence-electron chi connectivity index (χ4n) is 4.18. The van der Waals surface area contributed by atoms with Gasteiger partial charge in [0.1, 0.15) is 0 Å². The van der Waals surface area contributed by atoms with E-state index in [9.17, 15) is 26.7 Å². The van der Waals surface area contributed by atoms with E-state index in [4.69, 9.17) is 5.73 Å². The maximum Gasteiger partial charge on any atom is 0.416 e. The summed E-state index contributed by atoms with van der Waals surface area (Å²) < 4.78 is 63.7. The largest absolute Gasteiger partial charge is 0.755 e. The number of carbonyl (C=O) groups is 1. The van der Waals surface area contributed by atoms with Gasteiger partial charge in [-0.25, -0.2) is 0 Å². The number of nitrogens with two attached hydrogens (primary N) is 1. The molecule has 7 nitrogen and oxygen atoms in total. The van der Waals surface area contributed by atoms with Crippen LogP contribution in [0.1, 0.15) is 35.6 Å². The predicted octanol–water partition coefficient (Wildman–Crippen LogP) is 3.36. The van der Waals surface area contributed by atoms with E-state index < -0.39 is 23.0 Å². The fraction of sp³-hybridized carbons (Fsp3) is 0.435. The summed E-state index contributed by atoms with van der Waals surface area (Å²) in [7, 11) is 2.75. The van der Waals surface area contributed by atoms with Gasteiger partial charge < -0.3 is 24.4 Å². The number of likely N-dealkylation sites (N-methyl/N-ethyl adjacent to an activating group) is 1. The molecule has 1 aliphatic heterocycles. The molecule has 3 rings (SSSR count). The lowest BCUT2D eigenvalue weighted by atomic mass is 10.0. The summed E-state index contributed by atoms with van der Waals surface area (Å²) in [4.78, 5) is 17.2. The van der Waals surface area contributed by atoms with Crippen molar-refractivity contribution in [2.24, 2.45) is 0 Å². The lowest BCUT2D eigenvalue weighted by Crippen LogP contribution is -2.39. The number of benzene rings is 2. The molecule has 0 aliphatic carbocycles. The summed E-state index contributed by atoms with van der Waals surface area (Å²) in [5.74, 6) is -0.383. The van der Waals surface area contributed by atoms with Crippen LogP contribution in [-0.2, 0) is 28.7 Å². The van der Waals surface area contributed by atoms with E-state index in [1.54, 1.807) is 11.9 Å². The molecule has 1 fully saturated rings. The second kappa shape index (κ2) is 10.7. The molecule has 34 heavy (non-hydrogen) atoms. The van der Waals surface area contributed by atoms with Crippen LogP contribution in [0.5, 0.6) is 0 Å². The van der Waals surface area contributed by atoms with Gasteiger partial charge in [-0.05, 0) is 43.6 Å². The van der Waals surface area contributed by atoms with Crippen molar-refractivity contribution < 1.29 is 26.7 Å². The smallest absolute Gasteiger partial charge is 0.416 e. The van der Waals surface area contributed by atoms with Crippen LogP contribution in [0.4, 0.5) is 24.5 Å². The minimum atomic E-state index is -4.72. The Balaban J connectivity index is 1.93.